The van der Waals surface area contributed by atoms with E-state index in [4.69, 9.17) is 0 Å². The van der Waals surface area contributed by atoms with Gasteiger partial charge < -0.3 is 0 Å². The summed E-state index contributed by atoms with van der Waals surface area (Å²) in [7, 11) is 0. The second kappa shape index (κ2) is 7.00. The van der Waals surface area contributed by atoms with E-state index in [1.165, 1.54) is 0 Å². The minimum atomic E-state index is -2.58. The van der Waals surface area contributed by atoms with Crippen LogP contribution < -0.4 is 0 Å². The van der Waals surface area contributed by atoms with Gasteiger partial charge in [0.1, 0.15) is 0 Å². The van der Waals surface area contributed by atoms with Gasteiger partial charge in [0.2, 0.25) is 0 Å². The minimum absolute atomic E-state index is 0.0717. The molecular formula is C22H19F2N5. The third-order valence-electron chi connectivity index (χ3n) is 5.24. The molecule has 0 amide bonds. The summed E-state index contributed by atoms with van der Waals surface area (Å²) in [6, 6.07) is 12.0. The first-order chi connectivity index (χ1) is 14.1. The van der Waals surface area contributed by atoms with Crippen molar-refractivity contribution < 1.29 is 8.78 Å². The zero-order valence-corrected chi connectivity index (χ0v) is 15.7. The number of aromatic nitrogens is 4. The normalized spacial score (nSPS) is 16.5. The summed E-state index contributed by atoms with van der Waals surface area (Å²) in [4.78, 5) is 10.3. The van der Waals surface area contributed by atoms with Crippen molar-refractivity contribution in [3.63, 3.8) is 0 Å². The van der Waals surface area contributed by atoms with Gasteiger partial charge in [0.05, 0.1) is 30.1 Å². The monoisotopic (exact) mass is 391 g/mol. The number of halogens is 2. The second-order valence-corrected chi connectivity index (χ2v) is 7.44. The van der Waals surface area contributed by atoms with E-state index in [-0.39, 0.29) is 13.0 Å². The van der Waals surface area contributed by atoms with Gasteiger partial charge in [-0.2, -0.15) is 5.10 Å². The van der Waals surface area contributed by atoms with Gasteiger partial charge in [-0.25, -0.2) is 13.5 Å². The van der Waals surface area contributed by atoms with Gasteiger partial charge in [-0.3, -0.25) is 14.9 Å². The number of rotatable bonds is 4. The van der Waals surface area contributed by atoms with Crippen LogP contribution in [-0.4, -0.2) is 43.7 Å². The minimum Gasteiger partial charge on any atom is -0.293 e. The van der Waals surface area contributed by atoms with E-state index in [0.29, 0.717) is 13.1 Å². The molecule has 29 heavy (non-hydrogen) atoms. The first-order valence-electron chi connectivity index (χ1n) is 9.50. The van der Waals surface area contributed by atoms with Crippen LogP contribution in [0.4, 0.5) is 8.78 Å². The molecule has 0 radical (unpaired) electrons. The Morgan fingerprint density at radius 2 is 1.90 bits per heavy atom. The number of hydrogen-bond acceptors (Lipinski definition) is 4. The first-order valence-corrected chi connectivity index (χ1v) is 9.50. The van der Waals surface area contributed by atoms with Gasteiger partial charge in [0, 0.05) is 49.1 Å². The van der Waals surface area contributed by atoms with Crippen LogP contribution in [0, 0.1) is 0 Å². The van der Waals surface area contributed by atoms with Gasteiger partial charge in [0.15, 0.2) is 0 Å². The fraction of sp³-hybridized carbons (Fsp3) is 0.227. The number of nitrogens with zero attached hydrogens (tertiary/aromatic N) is 5. The maximum absolute atomic E-state index is 13.4. The molecule has 1 saturated heterocycles. The molecule has 146 valence electrons. The lowest BCUT2D eigenvalue weighted by molar-refractivity contribution is 0.0115. The molecule has 5 nitrogen and oxygen atoms in total. The molecular weight excluding hydrogens is 372 g/mol. The summed E-state index contributed by atoms with van der Waals surface area (Å²) in [6.45, 7) is 0.713. The first kappa shape index (κ1) is 17.9. The van der Waals surface area contributed by atoms with Crippen molar-refractivity contribution >= 4 is 10.9 Å². The van der Waals surface area contributed by atoms with Crippen LogP contribution in [0.2, 0.25) is 0 Å². The van der Waals surface area contributed by atoms with E-state index < -0.39 is 5.92 Å². The molecule has 0 unspecified atom stereocenters. The van der Waals surface area contributed by atoms with Crippen molar-refractivity contribution in [3.05, 3.63) is 72.9 Å². The second-order valence-electron chi connectivity index (χ2n) is 7.44. The highest BCUT2D eigenvalue weighted by molar-refractivity contribution is 5.85. The van der Waals surface area contributed by atoms with Crippen LogP contribution in [0.5, 0.6) is 0 Å². The summed E-state index contributed by atoms with van der Waals surface area (Å²) in [5.41, 5.74) is 4.81. The van der Waals surface area contributed by atoms with Crippen LogP contribution in [0.25, 0.3) is 27.7 Å². The van der Waals surface area contributed by atoms with Crippen LogP contribution >= 0.6 is 0 Å². The number of likely N-dealkylation sites (tertiary alicyclic amines) is 1. The number of hydrogen-bond donors (Lipinski definition) is 0. The van der Waals surface area contributed by atoms with Crippen molar-refractivity contribution in [3.8, 4) is 16.8 Å². The summed E-state index contributed by atoms with van der Waals surface area (Å²) in [5.74, 6) is -2.58. The predicted molar refractivity (Wildman–Crippen MR) is 107 cm³/mol. The highest BCUT2D eigenvalue weighted by Crippen LogP contribution is 2.29. The molecule has 1 aliphatic rings. The molecule has 1 aromatic carbocycles. The average molecular weight is 391 g/mol. The molecule has 0 bridgehead atoms. The van der Waals surface area contributed by atoms with Gasteiger partial charge in [0.25, 0.3) is 5.92 Å². The Hall–Kier alpha value is -3.19. The molecule has 0 saturated carbocycles. The van der Waals surface area contributed by atoms with Crippen molar-refractivity contribution in [1.29, 1.82) is 0 Å². The smallest absolute Gasteiger partial charge is 0.261 e. The SMILES string of the molecule is FC1(F)CCN(Cc2cncc(-c3ccc4c(cnn4-c4cccnc4)c3)c2)C1. The van der Waals surface area contributed by atoms with Crippen molar-refractivity contribution in [2.75, 3.05) is 13.1 Å². The molecule has 7 heteroatoms. The molecule has 4 heterocycles. The predicted octanol–water partition coefficient (Wildman–Crippen LogP) is 4.32. The average Bonchev–Trinajstić information content (AvgIpc) is 3.31. The molecule has 1 fully saturated rings. The van der Waals surface area contributed by atoms with Crippen LogP contribution in [0.15, 0.2) is 67.4 Å². The third-order valence-corrected chi connectivity index (χ3v) is 5.24. The highest BCUT2D eigenvalue weighted by Gasteiger charge is 2.37. The van der Waals surface area contributed by atoms with E-state index in [9.17, 15) is 8.78 Å². The third kappa shape index (κ3) is 3.61. The highest BCUT2D eigenvalue weighted by atomic mass is 19.3. The maximum atomic E-state index is 13.4. The van der Waals surface area contributed by atoms with E-state index in [0.717, 1.165) is 33.3 Å². The molecule has 0 atom stereocenters. The fourth-order valence-electron chi connectivity index (χ4n) is 3.83. The van der Waals surface area contributed by atoms with E-state index in [1.807, 2.05) is 41.2 Å². The van der Waals surface area contributed by atoms with Crippen molar-refractivity contribution in [2.24, 2.45) is 0 Å². The number of pyridine rings is 2. The van der Waals surface area contributed by atoms with Crippen LogP contribution in [-0.2, 0) is 6.54 Å². The largest absolute Gasteiger partial charge is 0.293 e. The van der Waals surface area contributed by atoms with Crippen molar-refractivity contribution in [1.82, 2.24) is 24.6 Å². The molecule has 1 aliphatic heterocycles. The van der Waals surface area contributed by atoms with Gasteiger partial charge in [-0.15, -0.1) is 0 Å². The molecule has 5 rings (SSSR count). The van der Waals surface area contributed by atoms with Gasteiger partial charge >= 0.3 is 0 Å². The van der Waals surface area contributed by atoms with E-state index in [1.54, 1.807) is 29.7 Å². The number of alkyl halides is 2. The lowest BCUT2D eigenvalue weighted by atomic mass is 10.0. The summed E-state index contributed by atoms with van der Waals surface area (Å²) in [5, 5.41) is 5.49. The zero-order valence-electron chi connectivity index (χ0n) is 15.7. The Morgan fingerprint density at radius 1 is 0.966 bits per heavy atom. The number of benzene rings is 1. The van der Waals surface area contributed by atoms with Crippen molar-refractivity contribution in [2.45, 2.75) is 18.9 Å². The maximum Gasteiger partial charge on any atom is 0.261 e. The fourth-order valence-corrected chi connectivity index (χ4v) is 3.83. The lowest BCUT2D eigenvalue weighted by Crippen LogP contribution is -2.24. The molecule has 0 aliphatic carbocycles. The Kier molecular flexibility index (Phi) is 4.32. The Balaban J connectivity index is 1.42. The molecule has 0 N–H and O–H groups in total. The Labute approximate surface area is 166 Å². The van der Waals surface area contributed by atoms with Crippen LogP contribution in [0.3, 0.4) is 0 Å². The topological polar surface area (TPSA) is 46.8 Å². The van der Waals surface area contributed by atoms with E-state index >= 15 is 0 Å². The van der Waals surface area contributed by atoms with Crippen LogP contribution in [0.1, 0.15) is 12.0 Å². The summed E-state index contributed by atoms with van der Waals surface area (Å²) in [6.07, 6.45) is 8.81. The molecule has 3 aromatic heterocycles. The molecule has 4 aromatic rings. The summed E-state index contributed by atoms with van der Waals surface area (Å²) < 4.78 is 28.7. The Bertz CT molecular complexity index is 1160. The van der Waals surface area contributed by atoms with E-state index in [2.05, 4.69) is 21.1 Å². The Morgan fingerprint density at radius 3 is 2.69 bits per heavy atom. The van der Waals surface area contributed by atoms with Gasteiger partial charge in [-0.05, 0) is 41.5 Å². The number of fused-ring (bicyclic) bond motifs is 1. The lowest BCUT2D eigenvalue weighted by Gasteiger charge is -2.15. The summed E-state index contributed by atoms with van der Waals surface area (Å²) >= 11 is 0. The zero-order chi connectivity index (χ0) is 19.8. The molecule has 0 spiro atoms. The van der Waals surface area contributed by atoms with Gasteiger partial charge in [-0.1, -0.05) is 6.07 Å². The standard InChI is InChI=1S/C22H19F2N5/c23-22(24)5-7-28(15-22)14-16-8-18(11-26-10-16)17-3-4-21-19(9-17)12-27-29(21)20-2-1-6-25-13-20/h1-4,6,8-13H,5,7,14-15H2. The quantitative estimate of drug-likeness (QED) is 0.520.